The number of thiocarbonyl (C=S) groups is 1. The SMILES string of the molecule is N#C/C(=C\c1ccccc1F)C(N)=S. The first kappa shape index (κ1) is 10.4. The molecule has 0 unspecified atom stereocenters. The van der Waals surface area contributed by atoms with Crippen molar-refractivity contribution >= 4 is 23.3 Å². The summed E-state index contributed by atoms with van der Waals surface area (Å²) in [6.07, 6.45) is 1.33. The second kappa shape index (κ2) is 4.49. The van der Waals surface area contributed by atoms with E-state index < -0.39 is 5.82 Å². The summed E-state index contributed by atoms with van der Waals surface area (Å²) in [5.74, 6) is -0.406. The van der Waals surface area contributed by atoms with Crippen LogP contribution in [0.15, 0.2) is 29.8 Å². The van der Waals surface area contributed by atoms with Gasteiger partial charge in [0.25, 0.3) is 0 Å². The zero-order valence-electron chi connectivity index (χ0n) is 7.20. The normalized spacial score (nSPS) is 10.7. The van der Waals surface area contributed by atoms with Gasteiger partial charge in [0.2, 0.25) is 0 Å². The smallest absolute Gasteiger partial charge is 0.130 e. The summed E-state index contributed by atoms with van der Waals surface area (Å²) in [7, 11) is 0. The van der Waals surface area contributed by atoms with Crippen LogP contribution in [0.1, 0.15) is 5.56 Å². The Bertz CT molecular complexity index is 432. The minimum absolute atomic E-state index is 0.0317. The van der Waals surface area contributed by atoms with Gasteiger partial charge in [0.1, 0.15) is 16.9 Å². The van der Waals surface area contributed by atoms with Crippen molar-refractivity contribution in [3.8, 4) is 6.07 Å². The van der Waals surface area contributed by atoms with Gasteiger partial charge in [0.15, 0.2) is 0 Å². The molecule has 2 N–H and O–H groups in total. The van der Waals surface area contributed by atoms with E-state index in [-0.39, 0.29) is 10.6 Å². The molecule has 0 aliphatic carbocycles. The summed E-state index contributed by atoms with van der Waals surface area (Å²) in [5, 5.41) is 8.64. The van der Waals surface area contributed by atoms with Crippen molar-refractivity contribution in [2.24, 2.45) is 5.73 Å². The molecule has 0 saturated carbocycles. The van der Waals surface area contributed by atoms with Crippen LogP contribution in [0.25, 0.3) is 6.08 Å². The largest absolute Gasteiger partial charge is 0.389 e. The Hall–Kier alpha value is -1.73. The molecule has 1 rings (SSSR count). The van der Waals surface area contributed by atoms with Gasteiger partial charge in [-0.3, -0.25) is 0 Å². The lowest BCUT2D eigenvalue weighted by Crippen LogP contribution is -2.09. The number of benzene rings is 1. The molecular formula is C10H7FN2S. The molecule has 0 aliphatic heterocycles. The molecule has 0 saturated heterocycles. The third kappa shape index (κ3) is 2.38. The van der Waals surface area contributed by atoms with Crippen molar-refractivity contribution in [1.29, 1.82) is 5.26 Å². The number of nitrogens with zero attached hydrogens (tertiary/aromatic N) is 1. The molecule has 0 aromatic heterocycles. The van der Waals surface area contributed by atoms with Crippen LogP contribution in [-0.2, 0) is 0 Å². The predicted octanol–water partition coefficient (Wildman–Crippen LogP) is 2.02. The molecule has 14 heavy (non-hydrogen) atoms. The molecule has 0 amide bonds. The predicted molar refractivity (Wildman–Crippen MR) is 56.8 cm³/mol. The fourth-order valence-electron chi connectivity index (χ4n) is 0.906. The van der Waals surface area contributed by atoms with Crippen molar-refractivity contribution in [2.75, 3.05) is 0 Å². The zero-order chi connectivity index (χ0) is 10.6. The average Bonchev–Trinajstić information content (AvgIpc) is 2.16. The average molecular weight is 206 g/mol. The topological polar surface area (TPSA) is 49.8 Å². The van der Waals surface area contributed by atoms with Crippen molar-refractivity contribution < 1.29 is 4.39 Å². The molecule has 0 atom stereocenters. The molecule has 2 nitrogen and oxygen atoms in total. The Kier molecular flexibility index (Phi) is 3.32. The molecule has 70 valence electrons. The van der Waals surface area contributed by atoms with E-state index in [2.05, 4.69) is 12.2 Å². The highest BCUT2D eigenvalue weighted by Gasteiger charge is 2.02. The van der Waals surface area contributed by atoms with Crippen LogP contribution < -0.4 is 5.73 Å². The van der Waals surface area contributed by atoms with Gasteiger partial charge < -0.3 is 5.73 Å². The van der Waals surface area contributed by atoms with Crippen molar-refractivity contribution in [2.45, 2.75) is 0 Å². The first-order valence-corrected chi connectivity index (χ1v) is 4.22. The third-order valence-electron chi connectivity index (χ3n) is 1.59. The molecule has 1 aromatic carbocycles. The van der Waals surface area contributed by atoms with E-state index in [0.29, 0.717) is 5.56 Å². The van der Waals surface area contributed by atoms with Crippen LogP contribution in [0, 0.1) is 17.1 Å². The van der Waals surface area contributed by atoms with Crippen LogP contribution in [0.4, 0.5) is 4.39 Å². The zero-order valence-corrected chi connectivity index (χ0v) is 8.01. The van der Waals surface area contributed by atoms with Crippen LogP contribution in [0.3, 0.4) is 0 Å². The van der Waals surface area contributed by atoms with Gasteiger partial charge in [-0.05, 0) is 12.1 Å². The highest BCUT2D eigenvalue weighted by molar-refractivity contribution is 7.80. The highest BCUT2D eigenvalue weighted by atomic mass is 32.1. The van der Waals surface area contributed by atoms with E-state index >= 15 is 0 Å². The molecule has 0 spiro atoms. The second-order valence-corrected chi connectivity index (χ2v) is 3.00. The maximum atomic E-state index is 13.1. The Morgan fingerprint density at radius 2 is 2.14 bits per heavy atom. The van der Waals surface area contributed by atoms with Crippen molar-refractivity contribution in [1.82, 2.24) is 0 Å². The summed E-state index contributed by atoms with van der Waals surface area (Å²) >= 11 is 4.62. The number of hydrogen-bond acceptors (Lipinski definition) is 2. The molecule has 0 radical (unpaired) electrons. The fraction of sp³-hybridized carbons (Fsp3) is 0. The number of nitriles is 1. The monoisotopic (exact) mass is 206 g/mol. The molecule has 4 heteroatoms. The molecule has 1 aromatic rings. The van der Waals surface area contributed by atoms with Gasteiger partial charge in [-0.15, -0.1) is 0 Å². The van der Waals surface area contributed by atoms with Gasteiger partial charge in [0.05, 0.1) is 5.57 Å². The lowest BCUT2D eigenvalue weighted by atomic mass is 10.1. The molecule has 0 heterocycles. The van der Waals surface area contributed by atoms with E-state index in [1.54, 1.807) is 24.3 Å². The molecule has 0 fully saturated rings. The van der Waals surface area contributed by atoms with Crippen LogP contribution in [0.5, 0.6) is 0 Å². The Morgan fingerprint density at radius 1 is 1.50 bits per heavy atom. The highest BCUT2D eigenvalue weighted by Crippen LogP contribution is 2.11. The Balaban J connectivity index is 3.15. The Morgan fingerprint density at radius 3 is 2.64 bits per heavy atom. The van der Waals surface area contributed by atoms with E-state index in [1.165, 1.54) is 12.1 Å². The van der Waals surface area contributed by atoms with Crippen LogP contribution >= 0.6 is 12.2 Å². The summed E-state index contributed by atoms with van der Waals surface area (Å²) in [6.45, 7) is 0. The lowest BCUT2D eigenvalue weighted by Gasteiger charge is -1.97. The van der Waals surface area contributed by atoms with E-state index in [0.717, 1.165) is 0 Å². The van der Waals surface area contributed by atoms with Gasteiger partial charge >= 0.3 is 0 Å². The number of rotatable bonds is 2. The number of halogens is 1. The van der Waals surface area contributed by atoms with E-state index in [9.17, 15) is 4.39 Å². The van der Waals surface area contributed by atoms with Crippen molar-refractivity contribution in [3.05, 3.63) is 41.2 Å². The first-order chi connectivity index (χ1) is 6.65. The number of hydrogen-bond donors (Lipinski definition) is 1. The molecule has 0 bridgehead atoms. The summed E-state index contributed by atoms with van der Waals surface area (Å²) in [5.41, 5.74) is 5.67. The van der Waals surface area contributed by atoms with Crippen molar-refractivity contribution in [3.63, 3.8) is 0 Å². The summed E-state index contributed by atoms with van der Waals surface area (Å²) < 4.78 is 13.1. The van der Waals surface area contributed by atoms with Gasteiger partial charge in [-0.1, -0.05) is 30.4 Å². The van der Waals surface area contributed by atoms with E-state index in [4.69, 9.17) is 11.0 Å². The fourth-order valence-corrected chi connectivity index (χ4v) is 1.01. The van der Waals surface area contributed by atoms with Gasteiger partial charge in [0, 0.05) is 5.56 Å². The lowest BCUT2D eigenvalue weighted by molar-refractivity contribution is 0.625. The van der Waals surface area contributed by atoms with Gasteiger partial charge in [-0.2, -0.15) is 5.26 Å². The van der Waals surface area contributed by atoms with E-state index in [1.807, 2.05) is 0 Å². The minimum atomic E-state index is -0.406. The first-order valence-electron chi connectivity index (χ1n) is 3.81. The maximum Gasteiger partial charge on any atom is 0.130 e. The van der Waals surface area contributed by atoms with Gasteiger partial charge in [-0.25, -0.2) is 4.39 Å². The summed E-state index contributed by atoms with van der Waals surface area (Å²) in [6, 6.07) is 7.90. The standard InChI is InChI=1S/C10H7FN2S/c11-9-4-2-1-3-7(9)5-8(6-12)10(13)14/h1-5H,(H2,13,14)/b8-5+. The number of nitrogens with two attached hydrogens (primary N) is 1. The third-order valence-corrected chi connectivity index (χ3v) is 1.81. The maximum absolute atomic E-state index is 13.1. The quantitative estimate of drug-likeness (QED) is 0.457. The molecular weight excluding hydrogens is 199 g/mol. The second-order valence-electron chi connectivity index (χ2n) is 2.56. The Labute approximate surface area is 86.5 Å². The molecule has 0 aliphatic rings. The minimum Gasteiger partial charge on any atom is -0.389 e. The summed E-state index contributed by atoms with van der Waals surface area (Å²) in [4.78, 5) is -0.0317. The van der Waals surface area contributed by atoms with Crippen LogP contribution in [-0.4, -0.2) is 4.99 Å². The van der Waals surface area contributed by atoms with Crippen LogP contribution in [0.2, 0.25) is 0 Å².